The standard InChI is InChI=1S/C27H28N2O2.C22H27FN2O.C20H23N3O3.C20H24N2O/c28-26(31)27(22-14-8-3-9-15-22,18-25(30)21-12-6-2-7-13-21)24-16-17-29-19-23(24)20-10-4-1-5-11-20;1-3-18(16-7-5-4-6-8-16)22(26)25-21-11-12-24-14-20(21)19-10-9-17(23)13-15(19)2;1-20(19(21)24,15-7-9-16(10-8-15)23(25)26)18-11-12-22-13-17(18)14-5-3-2-4-6-14;1-20(19(21)23,16-10-6-3-7-11-16)18-12-13-22-14-17(18)15-8-4-2-5-9-15/h1-15,23-24,29H,16-19H2,(H2,28,31);4-10,13,18,20-21,24H,3,11-12,14H2,1-2H3,(H,25,26);2-10,17-18,22H,11-13H2,1H3,(H2,21,24);2-11,17-18,22H,12-14H2,1H3,(H2,21,23). The van der Waals surface area contributed by atoms with Gasteiger partial charge in [0.25, 0.3) is 5.69 Å². The van der Waals surface area contributed by atoms with Gasteiger partial charge in [-0.25, -0.2) is 4.39 Å². The third kappa shape index (κ3) is 18.3. The van der Waals surface area contributed by atoms with Gasteiger partial charge in [0.1, 0.15) is 5.82 Å². The highest BCUT2D eigenvalue weighted by Gasteiger charge is 2.52. The second kappa shape index (κ2) is 37.1. The number of non-ortho nitro benzene ring substituents is 1. The summed E-state index contributed by atoms with van der Waals surface area (Å²) in [6.07, 6.45) is 4.20. The first kappa shape index (κ1) is 78.3. The molecule has 0 spiro atoms. The lowest BCUT2D eigenvalue weighted by molar-refractivity contribution is -0.384. The Morgan fingerprint density at radius 3 is 1.30 bits per heavy atom. The summed E-state index contributed by atoms with van der Waals surface area (Å²) in [5.41, 5.74) is 25.2. The number of benzene rings is 9. The van der Waals surface area contributed by atoms with Crippen LogP contribution in [0.15, 0.2) is 255 Å². The summed E-state index contributed by atoms with van der Waals surface area (Å²) in [5.74, 6) is -0.671. The van der Waals surface area contributed by atoms with Crippen LogP contribution in [0.3, 0.4) is 0 Å². The van der Waals surface area contributed by atoms with Crippen LogP contribution >= 0.6 is 0 Å². The van der Waals surface area contributed by atoms with E-state index >= 15 is 0 Å². The van der Waals surface area contributed by atoms with E-state index in [2.05, 4.69) is 75.1 Å². The molecule has 0 aliphatic carbocycles. The SMILES string of the molecule is CC(C(N)=O)(c1ccc([N+](=O)[O-])cc1)C1CCNCC1c1ccccc1.CC(C(N)=O)(c1ccccc1)C1CCNCC1c1ccccc1.CCC(C(=O)NC1CCNCC1c1ccc(F)cc1C)c1ccccc1.NC(=O)C(CC(=O)c1ccccc1)(c1ccccc1)C1CCNCC1c1ccccc1. The molecule has 11 N–H and O–H groups in total. The van der Waals surface area contributed by atoms with Gasteiger partial charge in [0.2, 0.25) is 23.6 Å². The monoisotopic (exact) mass is 1430 g/mol. The number of primary amides is 3. The van der Waals surface area contributed by atoms with E-state index in [-0.39, 0.29) is 88.9 Å². The first-order chi connectivity index (χ1) is 51.3. The van der Waals surface area contributed by atoms with Crippen LogP contribution in [0.5, 0.6) is 0 Å². The fraction of sp³-hybridized carbons (Fsp3) is 0.337. The fourth-order valence-corrected chi connectivity index (χ4v) is 17.0. The number of carbonyl (C=O) groups is 5. The van der Waals surface area contributed by atoms with E-state index in [0.29, 0.717) is 5.56 Å². The van der Waals surface area contributed by atoms with E-state index in [9.17, 15) is 38.5 Å². The van der Waals surface area contributed by atoms with Crippen LogP contribution in [-0.4, -0.2) is 92.7 Å². The van der Waals surface area contributed by atoms with E-state index in [1.165, 1.54) is 29.3 Å². The molecule has 0 bridgehead atoms. The zero-order valence-electron chi connectivity index (χ0n) is 61.3. The summed E-state index contributed by atoms with van der Waals surface area (Å²) in [5, 5.41) is 28.0. The molecule has 16 nitrogen and oxygen atoms in total. The average Bonchev–Trinajstić information content (AvgIpc) is 0.768. The molecule has 4 amide bonds. The van der Waals surface area contributed by atoms with Crippen molar-refractivity contribution in [2.45, 2.75) is 118 Å². The molecule has 9 aromatic carbocycles. The maximum atomic E-state index is 13.5. The molecule has 4 aliphatic rings. The summed E-state index contributed by atoms with van der Waals surface area (Å²) in [7, 11) is 0. The number of rotatable bonds is 21. The number of piperidine rings is 4. The van der Waals surface area contributed by atoms with Crippen molar-refractivity contribution in [2.75, 3.05) is 52.4 Å². The highest BCUT2D eigenvalue weighted by molar-refractivity contribution is 6.02. The Morgan fingerprint density at radius 2 is 0.877 bits per heavy atom. The van der Waals surface area contributed by atoms with E-state index < -0.39 is 33.0 Å². The molecule has 0 saturated carbocycles. The molecule has 0 radical (unpaired) electrons. The van der Waals surface area contributed by atoms with Gasteiger partial charge in [-0.3, -0.25) is 34.1 Å². The lowest BCUT2D eigenvalue weighted by atomic mass is 9.59. The molecule has 12 unspecified atom stereocenters. The first-order valence-electron chi connectivity index (χ1n) is 37.2. The van der Waals surface area contributed by atoms with Gasteiger partial charge in [0, 0.05) is 80.0 Å². The Balaban J connectivity index is 0.000000152. The van der Waals surface area contributed by atoms with Gasteiger partial charge in [-0.2, -0.15) is 0 Å². The molecule has 0 aromatic heterocycles. The molecule has 4 heterocycles. The van der Waals surface area contributed by atoms with Crippen molar-refractivity contribution in [1.29, 1.82) is 0 Å². The second-order valence-electron chi connectivity index (χ2n) is 28.9. The first-order valence-corrected chi connectivity index (χ1v) is 37.2. The van der Waals surface area contributed by atoms with Crippen LogP contribution in [0.25, 0.3) is 0 Å². The Labute approximate surface area is 623 Å². The minimum Gasteiger partial charge on any atom is -0.369 e. The van der Waals surface area contributed by atoms with Crippen molar-refractivity contribution >= 4 is 35.1 Å². The Kier molecular flexibility index (Phi) is 27.4. The van der Waals surface area contributed by atoms with E-state index in [1.54, 1.807) is 30.3 Å². The number of nitro benzene ring substituents is 1. The molecule has 552 valence electrons. The second-order valence-corrected chi connectivity index (χ2v) is 28.9. The molecule has 13 rings (SSSR count). The van der Waals surface area contributed by atoms with Gasteiger partial charge in [0.05, 0.1) is 27.1 Å². The molecule has 9 aromatic rings. The van der Waals surface area contributed by atoms with Gasteiger partial charge in [-0.05, 0) is 159 Å². The number of aryl methyl sites for hydroxylation is 1. The molecular formula is C89H102FN9O7. The molecule has 4 saturated heterocycles. The third-order valence-electron chi connectivity index (χ3n) is 23.0. The number of carbonyl (C=O) groups excluding carboxylic acids is 5. The highest BCUT2D eigenvalue weighted by atomic mass is 19.1. The van der Waals surface area contributed by atoms with Gasteiger partial charge in [-0.15, -0.1) is 0 Å². The summed E-state index contributed by atoms with van der Waals surface area (Å²) in [6.45, 7) is 14.4. The Bertz CT molecular complexity index is 4320. The number of nitrogens with two attached hydrogens (primary N) is 3. The number of ketones is 1. The van der Waals surface area contributed by atoms with Crippen LogP contribution in [0.4, 0.5) is 10.1 Å². The number of nitro groups is 1. The number of Topliss-reactive ketones (excluding diaryl/α,β-unsaturated/α-hetero) is 1. The zero-order chi connectivity index (χ0) is 75.2. The van der Waals surface area contributed by atoms with Crippen molar-refractivity contribution in [3.8, 4) is 0 Å². The maximum Gasteiger partial charge on any atom is 0.269 e. The fourth-order valence-electron chi connectivity index (χ4n) is 17.0. The minimum atomic E-state index is -1.09. The van der Waals surface area contributed by atoms with E-state index in [4.69, 9.17) is 17.2 Å². The number of nitrogens with zero attached hydrogens (tertiary/aromatic N) is 1. The third-order valence-corrected chi connectivity index (χ3v) is 23.0. The smallest absolute Gasteiger partial charge is 0.269 e. The average molecular weight is 1430 g/mol. The summed E-state index contributed by atoms with van der Waals surface area (Å²) < 4.78 is 13.5. The molecular weight excluding hydrogens is 1330 g/mol. The minimum absolute atomic E-state index is 0.00473. The summed E-state index contributed by atoms with van der Waals surface area (Å²) in [6, 6.07) is 80.7. The zero-order valence-corrected chi connectivity index (χ0v) is 61.3. The van der Waals surface area contributed by atoms with Gasteiger partial charge >= 0.3 is 0 Å². The van der Waals surface area contributed by atoms with E-state index in [1.807, 2.05) is 185 Å². The van der Waals surface area contributed by atoms with Crippen molar-refractivity contribution in [2.24, 2.45) is 35.0 Å². The number of amides is 4. The number of nitrogens with one attached hydrogen (secondary N) is 5. The van der Waals surface area contributed by atoms with Crippen molar-refractivity contribution < 1.29 is 33.3 Å². The predicted octanol–water partition coefficient (Wildman–Crippen LogP) is 13.5. The van der Waals surface area contributed by atoms with Crippen molar-refractivity contribution in [3.63, 3.8) is 0 Å². The molecule has 4 fully saturated rings. The lowest BCUT2D eigenvalue weighted by Gasteiger charge is -2.45. The van der Waals surface area contributed by atoms with Crippen LogP contribution in [0, 0.1) is 40.6 Å². The lowest BCUT2D eigenvalue weighted by Crippen LogP contribution is -2.54. The largest absolute Gasteiger partial charge is 0.369 e. The van der Waals surface area contributed by atoms with Crippen LogP contribution in [-0.2, 0) is 35.4 Å². The van der Waals surface area contributed by atoms with Gasteiger partial charge in [-0.1, -0.05) is 237 Å². The quantitative estimate of drug-likeness (QED) is 0.0190. The number of halogens is 1. The molecule has 12 atom stereocenters. The number of hydrogen-bond donors (Lipinski definition) is 8. The van der Waals surface area contributed by atoms with Gasteiger partial charge in [0.15, 0.2) is 5.78 Å². The molecule has 17 heteroatoms. The van der Waals surface area contributed by atoms with Crippen molar-refractivity contribution in [3.05, 3.63) is 326 Å². The Hall–Kier alpha value is -10.3. The van der Waals surface area contributed by atoms with Crippen LogP contribution in [0.1, 0.15) is 149 Å². The molecule has 4 aliphatic heterocycles. The predicted molar refractivity (Wildman–Crippen MR) is 419 cm³/mol. The highest BCUT2D eigenvalue weighted by Crippen LogP contribution is 2.49. The topological polar surface area (TPSA) is 267 Å². The van der Waals surface area contributed by atoms with Gasteiger partial charge < -0.3 is 43.8 Å². The Morgan fingerprint density at radius 1 is 0.491 bits per heavy atom. The van der Waals surface area contributed by atoms with Crippen molar-refractivity contribution in [1.82, 2.24) is 26.6 Å². The normalized spacial score (nSPS) is 21.9. The maximum absolute atomic E-state index is 13.5. The molecule has 106 heavy (non-hydrogen) atoms. The van der Waals surface area contributed by atoms with Crippen LogP contribution in [0.2, 0.25) is 0 Å². The number of hydrogen-bond acceptors (Lipinski definition) is 11. The summed E-state index contributed by atoms with van der Waals surface area (Å²) >= 11 is 0. The summed E-state index contributed by atoms with van der Waals surface area (Å²) in [4.78, 5) is 75.3. The van der Waals surface area contributed by atoms with Crippen LogP contribution < -0.4 is 43.8 Å². The van der Waals surface area contributed by atoms with E-state index in [0.717, 1.165) is 123 Å².